The van der Waals surface area contributed by atoms with E-state index in [0.29, 0.717) is 5.92 Å². The van der Waals surface area contributed by atoms with Crippen LogP contribution in [-0.4, -0.2) is 29.0 Å². The van der Waals surface area contributed by atoms with Crippen LogP contribution in [0.1, 0.15) is 35.7 Å². The second kappa shape index (κ2) is 5.89. The molecule has 5 heteroatoms. The van der Waals surface area contributed by atoms with Gasteiger partial charge in [-0.05, 0) is 44.2 Å². The summed E-state index contributed by atoms with van der Waals surface area (Å²) < 4.78 is 0. The van der Waals surface area contributed by atoms with Gasteiger partial charge in [-0.2, -0.15) is 0 Å². The van der Waals surface area contributed by atoms with Crippen LogP contribution < -0.4 is 10.2 Å². The summed E-state index contributed by atoms with van der Waals surface area (Å²) in [5.41, 5.74) is 4.06. The van der Waals surface area contributed by atoms with Gasteiger partial charge in [0, 0.05) is 25.0 Å². The Hall–Kier alpha value is -2.43. The topological polar surface area (TPSA) is 58.1 Å². The van der Waals surface area contributed by atoms with Crippen molar-refractivity contribution in [2.75, 3.05) is 23.3 Å². The minimum Gasteiger partial charge on any atom is -0.355 e. The van der Waals surface area contributed by atoms with Crippen LogP contribution in [0.2, 0.25) is 0 Å². The second-order valence-corrected chi connectivity index (χ2v) is 6.80. The van der Waals surface area contributed by atoms with E-state index >= 15 is 0 Å². The fourth-order valence-corrected chi connectivity index (χ4v) is 3.97. The summed E-state index contributed by atoms with van der Waals surface area (Å²) in [6.45, 7) is 5.84. The lowest BCUT2D eigenvalue weighted by atomic mass is 9.81. The molecule has 1 unspecified atom stereocenters. The first-order valence-electron chi connectivity index (χ1n) is 8.58. The first-order chi connectivity index (χ1) is 11.6. The number of piperidine rings is 1. The maximum Gasteiger partial charge on any atom is 0.232 e. The number of aromatic nitrogens is 2. The zero-order chi connectivity index (χ0) is 16.7. The molecule has 5 nitrogen and oxygen atoms in total. The summed E-state index contributed by atoms with van der Waals surface area (Å²) in [5.74, 6) is 1.53. The van der Waals surface area contributed by atoms with Crippen molar-refractivity contribution < 1.29 is 4.79 Å². The first kappa shape index (κ1) is 15.1. The smallest absolute Gasteiger partial charge is 0.232 e. The molecule has 1 atom stereocenters. The van der Waals surface area contributed by atoms with Gasteiger partial charge in [0.2, 0.25) is 5.91 Å². The molecule has 1 N–H and O–H groups in total. The number of nitrogens with zero attached hydrogens (tertiary/aromatic N) is 3. The van der Waals surface area contributed by atoms with Crippen molar-refractivity contribution in [2.24, 2.45) is 5.92 Å². The number of para-hydroxylation sites is 1. The van der Waals surface area contributed by atoms with Gasteiger partial charge in [-0.15, -0.1) is 0 Å². The number of benzene rings is 1. The van der Waals surface area contributed by atoms with E-state index in [-0.39, 0.29) is 11.8 Å². The van der Waals surface area contributed by atoms with Crippen molar-refractivity contribution >= 4 is 17.4 Å². The highest BCUT2D eigenvalue weighted by Gasteiger charge is 2.38. The Balaban J connectivity index is 1.51. The summed E-state index contributed by atoms with van der Waals surface area (Å²) in [5, 5.41) is 3.03. The van der Waals surface area contributed by atoms with Crippen molar-refractivity contribution in [1.82, 2.24) is 9.97 Å². The van der Waals surface area contributed by atoms with Gasteiger partial charge in [0.25, 0.3) is 0 Å². The SMILES string of the molecule is Cc1cnc(C)c(N2CCC(C3C(=O)Nc4ccccc43)CC2)n1. The van der Waals surface area contributed by atoms with E-state index in [9.17, 15) is 4.79 Å². The maximum absolute atomic E-state index is 12.4. The zero-order valence-corrected chi connectivity index (χ0v) is 14.1. The number of nitrogens with one attached hydrogen (secondary N) is 1. The van der Waals surface area contributed by atoms with E-state index in [4.69, 9.17) is 0 Å². The van der Waals surface area contributed by atoms with Gasteiger partial charge in [0.15, 0.2) is 0 Å². The lowest BCUT2D eigenvalue weighted by Gasteiger charge is -2.35. The molecule has 24 heavy (non-hydrogen) atoms. The monoisotopic (exact) mass is 322 g/mol. The number of amides is 1. The molecule has 3 heterocycles. The first-order valence-corrected chi connectivity index (χ1v) is 8.58. The van der Waals surface area contributed by atoms with Crippen LogP contribution in [0.3, 0.4) is 0 Å². The summed E-state index contributed by atoms with van der Waals surface area (Å²) in [7, 11) is 0. The number of hydrogen-bond donors (Lipinski definition) is 1. The van der Waals surface area contributed by atoms with Crippen LogP contribution in [0, 0.1) is 19.8 Å². The molecule has 124 valence electrons. The Morgan fingerprint density at radius 1 is 1.17 bits per heavy atom. The van der Waals surface area contributed by atoms with Crippen LogP contribution in [-0.2, 0) is 4.79 Å². The molecule has 0 radical (unpaired) electrons. The molecule has 1 amide bonds. The maximum atomic E-state index is 12.4. The Kier molecular flexibility index (Phi) is 3.71. The Morgan fingerprint density at radius 3 is 2.71 bits per heavy atom. The van der Waals surface area contributed by atoms with Gasteiger partial charge in [0.05, 0.1) is 17.3 Å². The van der Waals surface area contributed by atoms with Gasteiger partial charge in [0.1, 0.15) is 5.82 Å². The van der Waals surface area contributed by atoms with Gasteiger partial charge in [-0.25, -0.2) is 4.98 Å². The molecule has 0 bridgehead atoms. The van der Waals surface area contributed by atoms with Gasteiger partial charge in [-0.3, -0.25) is 9.78 Å². The highest BCUT2D eigenvalue weighted by Crippen LogP contribution is 2.41. The molecular formula is C19H22N4O. The Morgan fingerprint density at radius 2 is 1.92 bits per heavy atom. The number of carbonyl (C=O) groups excluding carboxylic acids is 1. The van der Waals surface area contributed by atoms with Crippen molar-refractivity contribution in [1.29, 1.82) is 0 Å². The molecule has 2 aliphatic rings. The third-order valence-corrected chi connectivity index (χ3v) is 5.20. The fraction of sp³-hybridized carbons (Fsp3) is 0.421. The number of hydrogen-bond acceptors (Lipinski definition) is 4. The summed E-state index contributed by atoms with van der Waals surface area (Å²) in [6.07, 6.45) is 3.81. The van der Waals surface area contributed by atoms with E-state index in [1.165, 1.54) is 0 Å². The largest absolute Gasteiger partial charge is 0.355 e. The molecule has 1 aromatic heterocycles. The number of fused-ring (bicyclic) bond motifs is 1. The fourth-order valence-electron chi connectivity index (χ4n) is 3.97. The number of carbonyl (C=O) groups is 1. The number of rotatable bonds is 2. The lowest BCUT2D eigenvalue weighted by molar-refractivity contribution is -0.118. The standard InChI is InChI=1S/C19H22N4O/c1-12-11-20-13(2)18(21-12)23-9-7-14(8-10-23)17-15-5-3-4-6-16(15)22-19(17)24/h3-6,11,14,17H,7-10H2,1-2H3,(H,22,24). The van der Waals surface area contributed by atoms with Crippen LogP contribution in [0.5, 0.6) is 0 Å². The summed E-state index contributed by atoms with van der Waals surface area (Å²) in [4.78, 5) is 23.8. The van der Waals surface area contributed by atoms with Gasteiger partial charge < -0.3 is 10.2 Å². The third-order valence-electron chi connectivity index (χ3n) is 5.20. The predicted octanol–water partition coefficient (Wildman–Crippen LogP) is 3.05. The summed E-state index contributed by atoms with van der Waals surface area (Å²) >= 11 is 0. The van der Waals surface area contributed by atoms with E-state index < -0.39 is 0 Å². The van der Waals surface area contributed by atoms with E-state index in [1.807, 2.05) is 38.2 Å². The summed E-state index contributed by atoms with van der Waals surface area (Å²) in [6, 6.07) is 8.07. The molecule has 2 aromatic rings. The lowest BCUT2D eigenvalue weighted by Crippen LogP contribution is -2.38. The third kappa shape index (κ3) is 2.54. The van der Waals surface area contributed by atoms with Crippen molar-refractivity contribution in [3.05, 3.63) is 47.4 Å². The predicted molar refractivity (Wildman–Crippen MR) is 94.3 cm³/mol. The zero-order valence-electron chi connectivity index (χ0n) is 14.1. The van der Waals surface area contributed by atoms with Crippen molar-refractivity contribution in [3.8, 4) is 0 Å². The van der Waals surface area contributed by atoms with Crippen LogP contribution in [0.4, 0.5) is 11.5 Å². The minimum absolute atomic E-state index is 0.00644. The molecule has 0 aliphatic carbocycles. The van der Waals surface area contributed by atoms with E-state index in [0.717, 1.165) is 54.4 Å². The number of aryl methyl sites for hydroxylation is 2. The van der Waals surface area contributed by atoms with Crippen molar-refractivity contribution in [2.45, 2.75) is 32.6 Å². The van der Waals surface area contributed by atoms with Gasteiger partial charge >= 0.3 is 0 Å². The molecule has 1 aromatic carbocycles. The second-order valence-electron chi connectivity index (χ2n) is 6.80. The van der Waals surface area contributed by atoms with E-state index in [2.05, 4.69) is 26.3 Å². The molecular weight excluding hydrogens is 300 g/mol. The Labute approximate surface area is 142 Å². The van der Waals surface area contributed by atoms with Crippen LogP contribution in [0.25, 0.3) is 0 Å². The molecule has 0 saturated carbocycles. The molecule has 4 rings (SSSR count). The van der Waals surface area contributed by atoms with E-state index in [1.54, 1.807) is 0 Å². The van der Waals surface area contributed by atoms with Crippen molar-refractivity contribution in [3.63, 3.8) is 0 Å². The highest BCUT2D eigenvalue weighted by molar-refractivity contribution is 6.03. The highest BCUT2D eigenvalue weighted by atomic mass is 16.2. The Bertz CT molecular complexity index is 781. The van der Waals surface area contributed by atoms with Crippen LogP contribution >= 0.6 is 0 Å². The average Bonchev–Trinajstić information content (AvgIpc) is 2.93. The minimum atomic E-state index is -0.00644. The molecule has 1 saturated heterocycles. The van der Waals surface area contributed by atoms with Crippen LogP contribution in [0.15, 0.2) is 30.5 Å². The average molecular weight is 322 g/mol. The normalized spacial score (nSPS) is 20.8. The number of anilines is 2. The van der Waals surface area contributed by atoms with Gasteiger partial charge in [-0.1, -0.05) is 18.2 Å². The molecule has 0 spiro atoms. The quantitative estimate of drug-likeness (QED) is 0.923. The molecule has 2 aliphatic heterocycles. The molecule has 1 fully saturated rings.